The number of rotatable bonds is 2. The van der Waals surface area contributed by atoms with E-state index in [9.17, 15) is 5.11 Å². The van der Waals surface area contributed by atoms with Crippen LogP contribution in [-0.4, -0.2) is 6.61 Å². The zero-order valence-electron chi connectivity index (χ0n) is 9.37. The first-order chi connectivity index (χ1) is 7.74. The Morgan fingerprint density at radius 3 is 2.41 bits per heavy atom. The molecule has 1 aliphatic rings. The van der Waals surface area contributed by atoms with E-state index in [1.165, 1.54) is 3.57 Å². The van der Waals surface area contributed by atoms with E-state index in [-0.39, 0.29) is 23.0 Å². The first-order valence-electron chi connectivity index (χ1n) is 5.00. The average molecular weight is 384 g/mol. The molecule has 0 aromatic heterocycles. The summed E-state index contributed by atoms with van der Waals surface area (Å²) in [6.07, 6.45) is 7.09. The normalized spacial score (nSPS) is 11.5. The van der Waals surface area contributed by atoms with Crippen LogP contribution >= 0.6 is 22.6 Å². The Kier molecular flexibility index (Phi) is 9.13. The maximum atomic E-state index is 10.9. The van der Waals surface area contributed by atoms with Crippen LogP contribution in [-0.2, 0) is 21.8 Å². The molecule has 0 radical (unpaired) electrons. The van der Waals surface area contributed by atoms with Crippen molar-refractivity contribution in [3.63, 3.8) is 0 Å². The van der Waals surface area contributed by atoms with Crippen molar-refractivity contribution in [1.29, 1.82) is 0 Å². The van der Waals surface area contributed by atoms with E-state index in [4.69, 9.17) is 4.74 Å². The van der Waals surface area contributed by atoms with Gasteiger partial charge in [-0.05, 0) is 12.2 Å². The van der Waals surface area contributed by atoms with Crippen LogP contribution < -0.4 is 5.11 Å². The zero-order chi connectivity index (χ0) is 11.8. The monoisotopic (exact) mass is 384 g/mol. The van der Waals surface area contributed by atoms with Crippen LogP contribution in [0.1, 0.15) is 6.92 Å². The third kappa shape index (κ3) is 6.66. The van der Waals surface area contributed by atoms with Gasteiger partial charge in [0.2, 0.25) is 0 Å². The Bertz CT molecular complexity index is 378. The number of ether oxygens (including phenoxy) is 1. The van der Waals surface area contributed by atoms with Crippen LogP contribution in [0.25, 0.3) is 0 Å². The summed E-state index contributed by atoms with van der Waals surface area (Å²) in [5, 5.41) is 10.9. The van der Waals surface area contributed by atoms with Crippen molar-refractivity contribution in [3.8, 4) is 0 Å². The van der Waals surface area contributed by atoms with Crippen molar-refractivity contribution in [2.45, 2.75) is 6.92 Å². The fraction of sp³-hybridized carbons (Fsp3) is 0.154. The minimum Gasteiger partial charge on any atom is -0.613 e. The van der Waals surface area contributed by atoms with Crippen LogP contribution in [0, 0.1) is 3.57 Å². The van der Waals surface area contributed by atoms with Gasteiger partial charge in [0.15, 0.2) is 0 Å². The summed E-state index contributed by atoms with van der Waals surface area (Å²) in [6.45, 7) is 2.23. The van der Waals surface area contributed by atoms with Gasteiger partial charge >= 0.3 is 17.1 Å². The van der Waals surface area contributed by atoms with E-state index in [1.807, 2.05) is 24.3 Å². The van der Waals surface area contributed by atoms with Gasteiger partial charge in [0.05, 0.1) is 5.95 Å². The van der Waals surface area contributed by atoms with Crippen molar-refractivity contribution in [2.75, 3.05) is 6.61 Å². The quantitative estimate of drug-likeness (QED) is 0.340. The molecule has 92 valence electrons. The fourth-order valence-electron chi connectivity index (χ4n) is 1.08. The van der Waals surface area contributed by atoms with Crippen molar-refractivity contribution < 1.29 is 26.9 Å². The standard InChI is InChI=1S/C8H10O2.C5H4I.Fe/c1-2-10-8(9)7-5-3-4-6-7;6-5-3-1-2-4-5;/h3-6,9H,2H2,1H3;1-4H;/q;-1;+2/p-1. The first-order valence-corrected chi connectivity index (χ1v) is 6.08. The predicted molar refractivity (Wildman–Crippen MR) is 71.7 cm³/mol. The van der Waals surface area contributed by atoms with Gasteiger partial charge in [-0.2, -0.15) is 12.1 Å². The molecule has 0 amide bonds. The van der Waals surface area contributed by atoms with Crippen molar-refractivity contribution in [1.82, 2.24) is 0 Å². The molecule has 1 aromatic carbocycles. The second kappa shape index (κ2) is 9.45. The van der Waals surface area contributed by atoms with Gasteiger partial charge < -0.3 is 9.84 Å². The maximum absolute atomic E-state index is 10.9. The van der Waals surface area contributed by atoms with E-state index in [1.54, 1.807) is 19.1 Å². The van der Waals surface area contributed by atoms with Crippen LogP contribution in [0.15, 0.2) is 60.1 Å². The van der Waals surface area contributed by atoms with Crippen molar-refractivity contribution in [2.24, 2.45) is 0 Å². The molecule has 1 aliphatic carbocycles. The third-order valence-electron chi connectivity index (χ3n) is 1.80. The van der Waals surface area contributed by atoms with Crippen LogP contribution in [0.2, 0.25) is 0 Å². The fourth-order valence-corrected chi connectivity index (χ4v) is 1.49. The van der Waals surface area contributed by atoms with Gasteiger partial charge in [-0.25, -0.2) is 12.1 Å². The largest absolute Gasteiger partial charge is 2.00 e. The van der Waals surface area contributed by atoms with Crippen molar-refractivity contribution >= 4 is 22.6 Å². The number of hydrogen-bond acceptors (Lipinski definition) is 2. The Balaban J connectivity index is 0.000000316. The van der Waals surface area contributed by atoms with Crippen LogP contribution in [0.4, 0.5) is 0 Å². The van der Waals surface area contributed by atoms with Gasteiger partial charge in [-0.15, -0.1) is 3.57 Å². The van der Waals surface area contributed by atoms with E-state index in [0.29, 0.717) is 12.2 Å². The summed E-state index contributed by atoms with van der Waals surface area (Å²) in [5.74, 6) is -0.243. The van der Waals surface area contributed by atoms with Gasteiger partial charge in [0.25, 0.3) is 0 Å². The van der Waals surface area contributed by atoms with Gasteiger partial charge in [-0.3, -0.25) is 0 Å². The van der Waals surface area contributed by atoms with Crippen molar-refractivity contribution in [3.05, 3.63) is 63.7 Å². The molecule has 2 rings (SSSR count). The smallest absolute Gasteiger partial charge is 0.613 e. The topological polar surface area (TPSA) is 32.3 Å². The van der Waals surface area contributed by atoms with E-state index in [2.05, 4.69) is 34.7 Å². The molecule has 0 heterocycles. The Morgan fingerprint density at radius 1 is 1.41 bits per heavy atom. The summed E-state index contributed by atoms with van der Waals surface area (Å²) in [4.78, 5) is 0. The molecule has 0 N–H and O–H groups in total. The van der Waals surface area contributed by atoms with E-state index >= 15 is 0 Å². The molecule has 0 spiro atoms. The Labute approximate surface area is 126 Å². The second-order valence-corrected chi connectivity index (χ2v) is 4.24. The average Bonchev–Trinajstić information content (AvgIpc) is 2.90. The Hall–Kier alpha value is -0.581. The van der Waals surface area contributed by atoms with E-state index in [0.717, 1.165) is 0 Å². The minimum atomic E-state index is -0.243. The molecule has 0 atom stereocenters. The summed E-state index contributed by atoms with van der Waals surface area (Å²) in [5.41, 5.74) is 0.627. The van der Waals surface area contributed by atoms with Gasteiger partial charge in [-0.1, -0.05) is 53.8 Å². The molecular formula is C13H13FeIO2. The second-order valence-electron chi connectivity index (χ2n) is 3.00. The zero-order valence-corrected chi connectivity index (χ0v) is 12.6. The molecule has 0 saturated carbocycles. The van der Waals surface area contributed by atoms with Crippen LogP contribution in [0.5, 0.6) is 0 Å². The molecular weight excluding hydrogens is 371 g/mol. The minimum absolute atomic E-state index is 0. The number of hydrogen-bond donors (Lipinski definition) is 0. The molecule has 0 fully saturated rings. The Morgan fingerprint density at radius 2 is 2.06 bits per heavy atom. The molecule has 4 heteroatoms. The molecule has 0 aliphatic heterocycles. The first kappa shape index (κ1) is 16.4. The number of halogens is 1. The molecule has 0 unspecified atom stereocenters. The maximum Gasteiger partial charge on any atom is 2.00 e. The predicted octanol–water partition coefficient (Wildman–Crippen LogP) is 2.73. The molecule has 17 heavy (non-hydrogen) atoms. The van der Waals surface area contributed by atoms with Crippen LogP contribution in [0.3, 0.4) is 0 Å². The SMILES string of the molecule is CCOC([O-])=C1C=CC=C1.Ic1ccc[cH-]1.[Fe+2]. The van der Waals surface area contributed by atoms with Gasteiger partial charge in [0, 0.05) is 0 Å². The molecule has 0 bridgehead atoms. The summed E-state index contributed by atoms with van der Waals surface area (Å²) in [7, 11) is 0. The number of allylic oxidation sites excluding steroid dienone is 5. The summed E-state index contributed by atoms with van der Waals surface area (Å²) in [6, 6.07) is 8.20. The summed E-state index contributed by atoms with van der Waals surface area (Å²) < 4.78 is 6.06. The van der Waals surface area contributed by atoms with Gasteiger partial charge in [0.1, 0.15) is 0 Å². The summed E-state index contributed by atoms with van der Waals surface area (Å²) >= 11 is 2.28. The molecule has 1 aromatic rings. The molecule has 0 saturated heterocycles. The molecule has 2 nitrogen and oxygen atoms in total. The third-order valence-corrected chi connectivity index (χ3v) is 2.51. The van der Waals surface area contributed by atoms with E-state index < -0.39 is 0 Å².